The Hall–Kier alpha value is -2.63. The number of carbonyl (C=O) groups excluding carboxylic acids is 3. The average Bonchev–Trinajstić information content (AvgIpc) is 2.63. The van der Waals surface area contributed by atoms with Crippen LogP contribution in [0.3, 0.4) is 0 Å². The van der Waals surface area contributed by atoms with Crippen molar-refractivity contribution in [1.82, 2.24) is 9.91 Å². The molecule has 1 heterocycles. The third-order valence-electron chi connectivity index (χ3n) is 2.56. The number of anilines is 1. The van der Waals surface area contributed by atoms with E-state index in [1.54, 1.807) is 49.3 Å². The second-order valence-corrected chi connectivity index (χ2v) is 4.21. The Morgan fingerprint density at radius 3 is 2.21 bits per heavy atom. The van der Waals surface area contributed by atoms with Crippen molar-refractivity contribution in [3.8, 4) is 0 Å². The molecular formula is C13H13N3O3. The zero-order valence-corrected chi connectivity index (χ0v) is 10.6. The van der Waals surface area contributed by atoms with E-state index in [1.807, 2.05) is 0 Å². The smallest absolute Gasteiger partial charge is 0.286 e. The molecule has 1 fully saturated rings. The van der Waals surface area contributed by atoms with Gasteiger partial charge in [-0.1, -0.05) is 18.2 Å². The molecule has 0 saturated carbocycles. The molecule has 1 aromatic rings. The first-order valence-corrected chi connectivity index (χ1v) is 5.62. The number of imide groups is 1. The summed E-state index contributed by atoms with van der Waals surface area (Å²) in [6, 6.07) is 8.54. The fourth-order valence-corrected chi connectivity index (χ4v) is 1.79. The molecule has 1 aliphatic heterocycles. The van der Waals surface area contributed by atoms with Crippen molar-refractivity contribution in [1.29, 1.82) is 0 Å². The van der Waals surface area contributed by atoms with Crippen LogP contribution < -0.4 is 5.01 Å². The highest BCUT2D eigenvalue weighted by molar-refractivity contribution is 6.31. The van der Waals surface area contributed by atoms with Gasteiger partial charge in [0.05, 0.1) is 5.69 Å². The van der Waals surface area contributed by atoms with Crippen molar-refractivity contribution in [2.45, 2.75) is 0 Å². The Morgan fingerprint density at radius 2 is 1.68 bits per heavy atom. The number of hydrazine groups is 1. The molecule has 6 nitrogen and oxygen atoms in total. The normalized spacial score (nSPS) is 17.3. The molecule has 0 radical (unpaired) electrons. The highest BCUT2D eigenvalue weighted by atomic mass is 16.2. The highest BCUT2D eigenvalue weighted by Crippen LogP contribution is 2.25. The SMILES string of the molecule is CN(C)/C=C1\C(=O)N(C=O)N(c2ccccc2)C1=O. The summed E-state index contributed by atoms with van der Waals surface area (Å²) in [5.41, 5.74) is 0.427. The molecule has 1 aromatic carbocycles. The Balaban J connectivity index is 2.47. The summed E-state index contributed by atoms with van der Waals surface area (Å²) in [5, 5.41) is 1.83. The van der Waals surface area contributed by atoms with Gasteiger partial charge in [-0.25, -0.2) is 5.01 Å². The molecule has 0 N–H and O–H groups in total. The predicted molar refractivity (Wildman–Crippen MR) is 68.6 cm³/mol. The van der Waals surface area contributed by atoms with Crippen molar-refractivity contribution in [2.24, 2.45) is 0 Å². The van der Waals surface area contributed by atoms with Crippen molar-refractivity contribution in [3.63, 3.8) is 0 Å². The first-order chi connectivity index (χ1) is 9.06. The van der Waals surface area contributed by atoms with Gasteiger partial charge in [-0.05, 0) is 12.1 Å². The van der Waals surface area contributed by atoms with Crippen molar-refractivity contribution in [3.05, 3.63) is 42.1 Å². The number of amides is 3. The summed E-state index contributed by atoms with van der Waals surface area (Å²) in [7, 11) is 3.40. The number of rotatable bonds is 3. The number of hydrogen-bond acceptors (Lipinski definition) is 4. The molecular weight excluding hydrogens is 246 g/mol. The molecule has 1 aliphatic rings. The van der Waals surface area contributed by atoms with Crippen LogP contribution in [0.4, 0.5) is 5.69 Å². The van der Waals surface area contributed by atoms with E-state index in [4.69, 9.17) is 0 Å². The second kappa shape index (κ2) is 4.93. The van der Waals surface area contributed by atoms with Gasteiger partial charge in [0.2, 0.25) is 6.41 Å². The summed E-state index contributed by atoms with van der Waals surface area (Å²) >= 11 is 0. The Morgan fingerprint density at radius 1 is 1.05 bits per heavy atom. The van der Waals surface area contributed by atoms with E-state index in [0.29, 0.717) is 12.1 Å². The molecule has 0 aromatic heterocycles. The van der Waals surface area contributed by atoms with Gasteiger partial charge < -0.3 is 4.90 Å². The predicted octanol–water partition coefficient (Wildman–Crippen LogP) is 0.379. The Bertz CT molecular complexity index is 552. The molecule has 0 bridgehead atoms. The van der Waals surface area contributed by atoms with Crippen LogP contribution in [0.1, 0.15) is 0 Å². The zero-order chi connectivity index (χ0) is 14.0. The largest absolute Gasteiger partial charge is 0.383 e. The van der Waals surface area contributed by atoms with Crippen molar-refractivity contribution >= 4 is 23.9 Å². The highest BCUT2D eigenvalue weighted by Gasteiger charge is 2.42. The quantitative estimate of drug-likeness (QED) is 0.447. The van der Waals surface area contributed by atoms with Crippen LogP contribution in [0.15, 0.2) is 42.1 Å². The molecule has 0 unspecified atom stereocenters. The molecule has 3 amide bonds. The monoisotopic (exact) mass is 259 g/mol. The zero-order valence-electron chi connectivity index (χ0n) is 10.6. The van der Waals surface area contributed by atoms with Gasteiger partial charge in [0.15, 0.2) is 0 Å². The minimum Gasteiger partial charge on any atom is -0.383 e. The number of hydrogen-bond donors (Lipinski definition) is 0. The van der Waals surface area contributed by atoms with Crippen molar-refractivity contribution < 1.29 is 14.4 Å². The molecule has 98 valence electrons. The fourth-order valence-electron chi connectivity index (χ4n) is 1.79. The number of para-hydroxylation sites is 1. The molecule has 0 aliphatic carbocycles. The van der Waals surface area contributed by atoms with E-state index in [1.165, 1.54) is 6.20 Å². The Labute approximate surface area is 110 Å². The summed E-state index contributed by atoms with van der Waals surface area (Å²) < 4.78 is 0. The lowest BCUT2D eigenvalue weighted by Gasteiger charge is -2.21. The van der Waals surface area contributed by atoms with Gasteiger partial charge >= 0.3 is 0 Å². The van der Waals surface area contributed by atoms with E-state index >= 15 is 0 Å². The topological polar surface area (TPSA) is 60.9 Å². The first-order valence-electron chi connectivity index (χ1n) is 5.62. The van der Waals surface area contributed by atoms with Crippen LogP contribution in [-0.2, 0) is 14.4 Å². The number of benzene rings is 1. The lowest BCUT2D eigenvalue weighted by molar-refractivity contribution is -0.134. The van der Waals surface area contributed by atoms with Gasteiger partial charge in [0.1, 0.15) is 5.57 Å². The average molecular weight is 259 g/mol. The van der Waals surface area contributed by atoms with Gasteiger partial charge in [-0.15, -0.1) is 0 Å². The lowest BCUT2D eigenvalue weighted by Crippen LogP contribution is -2.39. The maximum atomic E-state index is 12.2. The molecule has 0 atom stereocenters. The first kappa shape index (κ1) is 12.8. The summed E-state index contributed by atoms with van der Waals surface area (Å²) in [6.45, 7) is 0. The van der Waals surface area contributed by atoms with Crippen LogP contribution in [0, 0.1) is 0 Å². The lowest BCUT2D eigenvalue weighted by atomic mass is 10.2. The molecule has 19 heavy (non-hydrogen) atoms. The van der Waals surface area contributed by atoms with E-state index in [9.17, 15) is 14.4 Å². The van der Waals surface area contributed by atoms with Gasteiger partial charge in [0.25, 0.3) is 11.8 Å². The van der Waals surface area contributed by atoms with Crippen LogP contribution in [0.25, 0.3) is 0 Å². The second-order valence-electron chi connectivity index (χ2n) is 4.21. The van der Waals surface area contributed by atoms with Gasteiger partial charge in [-0.3, -0.25) is 14.4 Å². The molecule has 0 spiro atoms. The van der Waals surface area contributed by atoms with Gasteiger partial charge in [0, 0.05) is 20.3 Å². The molecule has 1 saturated heterocycles. The van der Waals surface area contributed by atoms with E-state index in [0.717, 1.165) is 10.0 Å². The summed E-state index contributed by atoms with van der Waals surface area (Å²) in [4.78, 5) is 36.9. The standard InChI is InChI=1S/C13H13N3O3/c1-14(2)8-11-12(18)15(9-17)16(13(11)19)10-6-4-3-5-7-10/h3-9H,1-2H3/b11-8+. The third-order valence-corrected chi connectivity index (χ3v) is 2.56. The van der Waals surface area contributed by atoms with E-state index < -0.39 is 11.8 Å². The Kier molecular flexibility index (Phi) is 3.33. The van der Waals surface area contributed by atoms with Crippen LogP contribution in [0.5, 0.6) is 0 Å². The van der Waals surface area contributed by atoms with Crippen LogP contribution in [-0.4, -0.2) is 42.2 Å². The van der Waals surface area contributed by atoms with Crippen molar-refractivity contribution in [2.75, 3.05) is 19.1 Å². The van der Waals surface area contributed by atoms with Gasteiger partial charge in [-0.2, -0.15) is 5.01 Å². The third kappa shape index (κ3) is 2.20. The fraction of sp³-hybridized carbons (Fsp3) is 0.154. The van der Waals surface area contributed by atoms with Crippen LogP contribution in [0.2, 0.25) is 0 Å². The van der Waals surface area contributed by atoms with E-state index in [2.05, 4.69) is 0 Å². The maximum absolute atomic E-state index is 12.2. The maximum Gasteiger partial charge on any atom is 0.286 e. The molecule has 2 rings (SSSR count). The summed E-state index contributed by atoms with van der Waals surface area (Å²) in [5.74, 6) is -1.14. The number of nitrogens with zero attached hydrogens (tertiary/aromatic N) is 3. The van der Waals surface area contributed by atoms with Crippen LogP contribution >= 0.6 is 0 Å². The summed E-state index contributed by atoms with van der Waals surface area (Å²) in [6.07, 6.45) is 1.74. The molecule has 6 heteroatoms. The van der Waals surface area contributed by atoms with E-state index in [-0.39, 0.29) is 5.57 Å². The minimum absolute atomic E-state index is 0.0408. The number of carbonyl (C=O) groups is 3. The minimum atomic E-state index is -0.627.